The molecule has 0 heterocycles. The Morgan fingerprint density at radius 3 is 2.56 bits per heavy atom. The van der Waals surface area contributed by atoms with Gasteiger partial charge in [-0.1, -0.05) is 13.0 Å². The fourth-order valence-corrected chi connectivity index (χ4v) is 1.18. The highest BCUT2D eigenvalue weighted by atomic mass is 16.3. The van der Waals surface area contributed by atoms with Crippen LogP contribution in [-0.4, -0.2) is 22.7 Å². The van der Waals surface area contributed by atoms with Gasteiger partial charge in [0.1, 0.15) is 11.5 Å². The molecule has 1 aromatic rings. The minimum atomic E-state index is -0.246. The number of aromatic hydroxyl groups is 2. The lowest BCUT2D eigenvalue weighted by Gasteiger charge is -2.02. The summed E-state index contributed by atoms with van der Waals surface area (Å²) in [4.78, 5) is 11.2. The number of carbonyl (C=O) groups is 1. The molecule has 0 aliphatic rings. The summed E-state index contributed by atoms with van der Waals surface area (Å²) >= 11 is 0. The van der Waals surface area contributed by atoms with E-state index in [1.54, 1.807) is 0 Å². The third-order valence-corrected chi connectivity index (χ3v) is 2.01. The van der Waals surface area contributed by atoms with E-state index in [0.717, 1.165) is 6.42 Å². The SMILES string of the molecule is CCCNC(=O)C=Cc1c(O)cccc1O. The van der Waals surface area contributed by atoms with E-state index in [0.29, 0.717) is 6.54 Å². The maximum atomic E-state index is 11.2. The van der Waals surface area contributed by atoms with Crippen molar-refractivity contribution in [3.05, 3.63) is 29.8 Å². The Morgan fingerprint density at radius 2 is 2.00 bits per heavy atom. The number of rotatable bonds is 4. The average Bonchev–Trinajstić information content (AvgIpc) is 2.25. The Balaban J connectivity index is 2.72. The van der Waals surface area contributed by atoms with Gasteiger partial charge in [0.15, 0.2) is 0 Å². The average molecular weight is 221 g/mol. The number of phenolic OH excluding ortho intramolecular Hbond substituents is 2. The monoisotopic (exact) mass is 221 g/mol. The van der Waals surface area contributed by atoms with E-state index in [-0.39, 0.29) is 23.0 Å². The van der Waals surface area contributed by atoms with E-state index in [2.05, 4.69) is 5.32 Å². The molecule has 16 heavy (non-hydrogen) atoms. The first-order valence-electron chi connectivity index (χ1n) is 5.12. The topological polar surface area (TPSA) is 69.6 Å². The molecule has 0 saturated carbocycles. The molecule has 0 fully saturated rings. The first-order chi connectivity index (χ1) is 7.65. The Bertz CT molecular complexity index is 379. The Hall–Kier alpha value is -1.97. The number of phenols is 2. The molecule has 0 aliphatic carbocycles. The zero-order valence-corrected chi connectivity index (χ0v) is 9.10. The molecule has 1 aromatic carbocycles. The van der Waals surface area contributed by atoms with Crippen LogP contribution < -0.4 is 5.32 Å². The Morgan fingerprint density at radius 1 is 1.38 bits per heavy atom. The van der Waals surface area contributed by atoms with Crippen LogP contribution in [0.25, 0.3) is 6.08 Å². The summed E-state index contributed by atoms with van der Waals surface area (Å²) in [5, 5.41) is 21.5. The molecule has 86 valence electrons. The third-order valence-electron chi connectivity index (χ3n) is 2.01. The van der Waals surface area contributed by atoms with Crippen molar-refractivity contribution < 1.29 is 15.0 Å². The van der Waals surface area contributed by atoms with E-state index >= 15 is 0 Å². The molecule has 0 atom stereocenters. The second-order valence-corrected chi connectivity index (χ2v) is 3.33. The standard InChI is InChI=1S/C12H15NO3/c1-2-8-13-12(16)7-6-9-10(14)4-3-5-11(9)15/h3-7,14-15H,2,8H2,1H3,(H,13,16). The molecule has 0 aromatic heterocycles. The quantitative estimate of drug-likeness (QED) is 0.677. The largest absolute Gasteiger partial charge is 0.507 e. The lowest BCUT2D eigenvalue weighted by molar-refractivity contribution is -0.116. The van der Waals surface area contributed by atoms with Crippen LogP contribution in [0.2, 0.25) is 0 Å². The van der Waals surface area contributed by atoms with Crippen molar-refractivity contribution in [2.45, 2.75) is 13.3 Å². The molecule has 0 unspecified atom stereocenters. The maximum Gasteiger partial charge on any atom is 0.244 e. The minimum Gasteiger partial charge on any atom is -0.507 e. The zero-order chi connectivity index (χ0) is 12.0. The maximum absolute atomic E-state index is 11.2. The van der Waals surface area contributed by atoms with Crippen molar-refractivity contribution >= 4 is 12.0 Å². The molecule has 3 N–H and O–H groups in total. The van der Waals surface area contributed by atoms with Crippen LogP contribution in [-0.2, 0) is 4.79 Å². The summed E-state index contributed by atoms with van der Waals surface area (Å²) in [5.74, 6) is -0.358. The minimum absolute atomic E-state index is 0.0560. The predicted molar refractivity (Wildman–Crippen MR) is 62.1 cm³/mol. The summed E-state index contributed by atoms with van der Waals surface area (Å²) in [6.45, 7) is 2.56. The molecule has 0 bridgehead atoms. The molecule has 0 radical (unpaired) electrons. The third kappa shape index (κ3) is 3.31. The van der Waals surface area contributed by atoms with Crippen LogP contribution in [0.1, 0.15) is 18.9 Å². The van der Waals surface area contributed by atoms with E-state index < -0.39 is 0 Å². The molecule has 0 spiro atoms. The van der Waals surface area contributed by atoms with Crippen molar-refractivity contribution in [1.82, 2.24) is 5.32 Å². The van der Waals surface area contributed by atoms with Crippen LogP contribution in [0.15, 0.2) is 24.3 Å². The number of hydrogen-bond acceptors (Lipinski definition) is 3. The second kappa shape index (κ2) is 5.80. The van der Waals surface area contributed by atoms with Crippen molar-refractivity contribution in [1.29, 1.82) is 0 Å². The van der Waals surface area contributed by atoms with Crippen LogP contribution >= 0.6 is 0 Å². The van der Waals surface area contributed by atoms with Crippen molar-refractivity contribution in [3.8, 4) is 11.5 Å². The lowest BCUT2D eigenvalue weighted by Crippen LogP contribution is -2.21. The smallest absolute Gasteiger partial charge is 0.244 e. The van der Waals surface area contributed by atoms with E-state index in [1.165, 1.54) is 30.4 Å². The van der Waals surface area contributed by atoms with Gasteiger partial charge in [0, 0.05) is 12.6 Å². The summed E-state index contributed by atoms with van der Waals surface area (Å²) in [6.07, 6.45) is 3.53. The zero-order valence-electron chi connectivity index (χ0n) is 9.10. The highest BCUT2D eigenvalue weighted by Gasteiger charge is 2.03. The van der Waals surface area contributed by atoms with Crippen LogP contribution in [0.4, 0.5) is 0 Å². The fraction of sp³-hybridized carbons (Fsp3) is 0.250. The lowest BCUT2D eigenvalue weighted by atomic mass is 10.1. The Kier molecular flexibility index (Phi) is 4.39. The van der Waals surface area contributed by atoms with E-state index in [4.69, 9.17) is 0 Å². The normalized spacial score (nSPS) is 10.6. The van der Waals surface area contributed by atoms with E-state index in [9.17, 15) is 15.0 Å². The molecule has 1 rings (SSSR count). The Labute approximate surface area is 94.2 Å². The van der Waals surface area contributed by atoms with Crippen molar-refractivity contribution in [3.63, 3.8) is 0 Å². The first-order valence-corrected chi connectivity index (χ1v) is 5.12. The van der Waals surface area contributed by atoms with Gasteiger partial charge in [-0.15, -0.1) is 0 Å². The summed E-state index contributed by atoms with van der Waals surface area (Å²) in [6, 6.07) is 4.42. The number of carbonyl (C=O) groups excluding carboxylic acids is 1. The number of benzene rings is 1. The second-order valence-electron chi connectivity index (χ2n) is 3.33. The summed E-state index contributed by atoms with van der Waals surface area (Å²) in [7, 11) is 0. The highest BCUT2D eigenvalue weighted by Crippen LogP contribution is 2.27. The predicted octanol–water partition coefficient (Wildman–Crippen LogP) is 1.64. The molecular formula is C12H15NO3. The van der Waals surface area contributed by atoms with Crippen LogP contribution in [0, 0.1) is 0 Å². The van der Waals surface area contributed by atoms with Gasteiger partial charge in [-0.05, 0) is 24.6 Å². The van der Waals surface area contributed by atoms with Crippen molar-refractivity contribution in [2.24, 2.45) is 0 Å². The van der Waals surface area contributed by atoms with Gasteiger partial charge >= 0.3 is 0 Å². The number of amides is 1. The molecule has 4 nitrogen and oxygen atoms in total. The van der Waals surface area contributed by atoms with Gasteiger partial charge in [-0.25, -0.2) is 0 Å². The van der Waals surface area contributed by atoms with Gasteiger partial charge in [0.05, 0.1) is 5.56 Å². The van der Waals surface area contributed by atoms with Crippen LogP contribution in [0.5, 0.6) is 11.5 Å². The molecule has 0 aliphatic heterocycles. The summed E-state index contributed by atoms with van der Waals surface area (Å²) in [5.41, 5.74) is 0.245. The van der Waals surface area contributed by atoms with Crippen molar-refractivity contribution in [2.75, 3.05) is 6.54 Å². The first kappa shape index (κ1) is 12.1. The molecule has 4 heteroatoms. The van der Waals surface area contributed by atoms with Gasteiger partial charge in [-0.3, -0.25) is 4.79 Å². The molecular weight excluding hydrogens is 206 g/mol. The van der Waals surface area contributed by atoms with Gasteiger partial charge in [0.25, 0.3) is 0 Å². The summed E-state index contributed by atoms with van der Waals surface area (Å²) < 4.78 is 0. The molecule has 0 saturated heterocycles. The fourth-order valence-electron chi connectivity index (χ4n) is 1.18. The number of nitrogens with one attached hydrogen (secondary N) is 1. The van der Waals surface area contributed by atoms with Gasteiger partial charge in [0.2, 0.25) is 5.91 Å². The highest BCUT2D eigenvalue weighted by molar-refractivity contribution is 5.92. The van der Waals surface area contributed by atoms with Gasteiger partial charge < -0.3 is 15.5 Å². The van der Waals surface area contributed by atoms with E-state index in [1.807, 2.05) is 6.92 Å². The number of hydrogen-bond donors (Lipinski definition) is 3. The molecule has 1 amide bonds. The van der Waals surface area contributed by atoms with Gasteiger partial charge in [-0.2, -0.15) is 0 Å². The van der Waals surface area contributed by atoms with Crippen LogP contribution in [0.3, 0.4) is 0 Å².